The van der Waals surface area contributed by atoms with Gasteiger partial charge >= 0.3 is 0 Å². The highest BCUT2D eigenvalue weighted by Gasteiger charge is 2.23. The maximum absolute atomic E-state index is 12.8. The summed E-state index contributed by atoms with van der Waals surface area (Å²) in [6.07, 6.45) is 1.02. The molecule has 0 spiro atoms. The van der Waals surface area contributed by atoms with Crippen molar-refractivity contribution in [1.29, 1.82) is 0 Å². The van der Waals surface area contributed by atoms with Gasteiger partial charge < -0.3 is 10.2 Å². The van der Waals surface area contributed by atoms with Crippen LogP contribution in [0.5, 0.6) is 0 Å². The van der Waals surface area contributed by atoms with E-state index in [1.165, 1.54) is 16.8 Å². The predicted molar refractivity (Wildman–Crippen MR) is 111 cm³/mol. The minimum Gasteiger partial charge on any atom is -0.384 e. The lowest BCUT2D eigenvalue weighted by Crippen LogP contribution is -2.48. The monoisotopic (exact) mass is 393 g/mol. The highest BCUT2D eigenvalue weighted by Crippen LogP contribution is 2.24. The van der Waals surface area contributed by atoms with Crippen molar-refractivity contribution in [2.45, 2.75) is 13.0 Å². The molecule has 2 aromatic rings. The van der Waals surface area contributed by atoms with Crippen LogP contribution >= 0.6 is 24.8 Å². The van der Waals surface area contributed by atoms with Crippen LogP contribution in [0.3, 0.4) is 0 Å². The fourth-order valence-corrected chi connectivity index (χ4v) is 3.57. The smallest absolute Gasteiger partial charge is 0.253 e. The first-order chi connectivity index (χ1) is 11.8. The quantitative estimate of drug-likeness (QED) is 0.866. The van der Waals surface area contributed by atoms with Crippen molar-refractivity contribution in [3.63, 3.8) is 0 Å². The molecular weight excluding hydrogens is 369 g/mol. The molecule has 4 rings (SSSR count). The summed E-state index contributed by atoms with van der Waals surface area (Å²) in [4.78, 5) is 17.2. The number of nitrogens with zero attached hydrogens (tertiary/aromatic N) is 2. The molecule has 2 aliphatic heterocycles. The summed E-state index contributed by atoms with van der Waals surface area (Å²) in [5, 5.41) is 3.34. The van der Waals surface area contributed by atoms with E-state index in [0.717, 1.165) is 51.3 Å². The number of amides is 1. The van der Waals surface area contributed by atoms with Gasteiger partial charge in [0.05, 0.1) is 0 Å². The Morgan fingerprint density at radius 3 is 2.42 bits per heavy atom. The molecule has 26 heavy (non-hydrogen) atoms. The zero-order valence-corrected chi connectivity index (χ0v) is 16.3. The van der Waals surface area contributed by atoms with Gasteiger partial charge in [0.25, 0.3) is 5.91 Å². The summed E-state index contributed by atoms with van der Waals surface area (Å²) in [5.41, 5.74) is 4.61. The number of carbonyl (C=O) groups excluding carboxylic acids is 1. The molecule has 1 fully saturated rings. The number of piperazine rings is 1. The lowest BCUT2D eigenvalue weighted by molar-refractivity contribution is 0.0628. The van der Waals surface area contributed by atoms with Gasteiger partial charge in [0, 0.05) is 50.5 Å². The lowest BCUT2D eigenvalue weighted by Gasteiger charge is -2.34. The molecule has 1 saturated heterocycles. The van der Waals surface area contributed by atoms with Gasteiger partial charge in [0.15, 0.2) is 0 Å². The average molecular weight is 394 g/mol. The number of nitrogens with one attached hydrogen (secondary N) is 1. The number of rotatable bonds is 3. The largest absolute Gasteiger partial charge is 0.384 e. The number of hydrogen-bond acceptors (Lipinski definition) is 3. The van der Waals surface area contributed by atoms with Crippen LogP contribution in [0.2, 0.25) is 0 Å². The molecule has 1 amide bonds. The lowest BCUT2D eigenvalue weighted by atomic mass is 10.1. The molecular formula is C20H25Cl2N3O. The second-order valence-electron chi connectivity index (χ2n) is 6.60. The Balaban J connectivity index is 0.00000121. The zero-order valence-electron chi connectivity index (χ0n) is 14.7. The number of hydrogen-bond donors (Lipinski definition) is 1. The molecule has 4 nitrogen and oxygen atoms in total. The van der Waals surface area contributed by atoms with Gasteiger partial charge in [-0.3, -0.25) is 9.69 Å². The highest BCUT2D eigenvalue weighted by molar-refractivity contribution is 5.95. The fraction of sp³-hybridized carbons (Fsp3) is 0.350. The van der Waals surface area contributed by atoms with E-state index in [2.05, 4.69) is 40.5 Å². The van der Waals surface area contributed by atoms with Gasteiger partial charge in [-0.1, -0.05) is 30.3 Å². The average Bonchev–Trinajstić information content (AvgIpc) is 3.10. The van der Waals surface area contributed by atoms with E-state index >= 15 is 0 Å². The minimum atomic E-state index is 0. The zero-order chi connectivity index (χ0) is 16.4. The second kappa shape index (κ2) is 9.26. The van der Waals surface area contributed by atoms with E-state index in [-0.39, 0.29) is 30.7 Å². The van der Waals surface area contributed by atoms with Crippen LogP contribution < -0.4 is 5.32 Å². The second-order valence-corrected chi connectivity index (χ2v) is 6.60. The van der Waals surface area contributed by atoms with Gasteiger partial charge in [-0.25, -0.2) is 0 Å². The minimum absolute atomic E-state index is 0. The highest BCUT2D eigenvalue weighted by atomic mass is 35.5. The molecule has 0 radical (unpaired) electrons. The summed E-state index contributed by atoms with van der Waals surface area (Å²) >= 11 is 0. The molecule has 0 aromatic heterocycles. The van der Waals surface area contributed by atoms with Gasteiger partial charge in [0.1, 0.15) is 0 Å². The van der Waals surface area contributed by atoms with Gasteiger partial charge in [0.2, 0.25) is 0 Å². The summed E-state index contributed by atoms with van der Waals surface area (Å²) in [5.74, 6) is 0.170. The number of benzene rings is 2. The van der Waals surface area contributed by atoms with Crippen LogP contribution in [-0.2, 0) is 13.0 Å². The Morgan fingerprint density at radius 1 is 0.962 bits per heavy atom. The molecule has 2 heterocycles. The summed E-state index contributed by atoms with van der Waals surface area (Å²) < 4.78 is 0. The van der Waals surface area contributed by atoms with E-state index in [1.54, 1.807) is 0 Å². The molecule has 2 aromatic carbocycles. The van der Waals surface area contributed by atoms with E-state index in [1.807, 2.05) is 23.1 Å². The Labute approximate surface area is 167 Å². The molecule has 1 N–H and O–H groups in total. The van der Waals surface area contributed by atoms with Crippen molar-refractivity contribution in [3.8, 4) is 0 Å². The van der Waals surface area contributed by atoms with Crippen molar-refractivity contribution in [1.82, 2.24) is 9.80 Å². The third-order valence-corrected chi connectivity index (χ3v) is 4.97. The summed E-state index contributed by atoms with van der Waals surface area (Å²) in [7, 11) is 0. The van der Waals surface area contributed by atoms with Gasteiger partial charge in [-0.2, -0.15) is 0 Å². The number of halogens is 2. The molecule has 2 aliphatic rings. The van der Waals surface area contributed by atoms with E-state index < -0.39 is 0 Å². The van der Waals surface area contributed by atoms with Crippen LogP contribution in [0.15, 0.2) is 48.5 Å². The maximum atomic E-state index is 12.8. The van der Waals surface area contributed by atoms with Gasteiger partial charge in [-0.05, 0) is 35.7 Å². The first-order valence-corrected chi connectivity index (χ1v) is 8.72. The van der Waals surface area contributed by atoms with Crippen molar-refractivity contribution < 1.29 is 4.79 Å². The SMILES string of the molecule is Cl.Cl.O=C(c1ccc2c(c1)CCN2)N1CCN(Cc2ccccc2)CC1. The molecule has 0 atom stereocenters. The third kappa shape index (κ3) is 4.50. The summed E-state index contributed by atoms with van der Waals surface area (Å²) in [6, 6.07) is 16.6. The van der Waals surface area contributed by atoms with Crippen LogP contribution in [0.1, 0.15) is 21.5 Å². The molecule has 0 aliphatic carbocycles. The predicted octanol–water partition coefficient (Wildman–Crippen LogP) is 3.46. The first kappa shape index (κ1) is 20.6. The molecule has 0 bridgehead atoms. The number of fused-ring (bicyclic) bond motifs is 1. The van der Waals surface area contributed by atoms with Crippen LogP contribution in [0.25, 0.3) is 0 Å². The van der Waals surface area contributed by atoms with E-state index in [9.17, 15) is 4.79 Å². The van der Waals surface area contributed by atoms with Crippen LogP contribution in [-0.4, -0.2) is 48.4 Å². The molecule has 0 saturated carbocycles. The van der Waals surface area contributed by atoms with E-state index in [4.69, 9.17) is 0 Å². The van der Waals surface area contributed by atoms with Crippen molar-refractivity contribution in [3.05, 3.63) is 65.2 Å². The Kier molecular flexibility index (Phi) is 7.33. The normalized spacial score (nSPS) is 16.1. The van der Waals surface area contributed by atoms with E-state index in [0.29, 0.717) is 0 Å². The van der Waals surface area contributed by atoms with Gasteiger partial charge in [-0.15, -0.1) is 24.8 Å². The third-order valence-electron chi connectivity index (χ3n) is 4.97. The summed E-state index contributed by atoms with van der Waals surface area (Å²) in [6.45, 7) is 5.43. The van der Waals surface area contributed by atoms with Crippen molar-refractivity contribution in [2.24, 2.45) is 0 Å². The molecule has 140 valence electrons. The Hall–Kier alpha value is -1.75. The maximum Gasteiger partial charge on any atom is 0.253 e. The van der Waals surface area contributed by atoms with Crippen LogP contribution in [0.4, 0.5) is 5.69 Å². The standard InChI is InChI=1S/C20H23N3O.2ClH/c24-20(18-6-7-19-17(14-18)8-9-21-19)23-12-10-22(11-13-23)15-16-4-2-1-3-5-16;;/h1-7,14,21H,8-13,15H2;2*1H. The molecule has 6 heteroatoms. The topological polar surface area (TPSA) is 35.6 Å². The fourth-order valence-electron chi connectivity index (χ4n) is 3.57. The van der Waals surface area contributed by atoms with Crippen molar-refractivity contribution in [2.75, 3.05) is 38.0 Å². The number of carbonyl (C=O) groups is 1. The Bertz CT molecular complexity index is 731. The Morgan fingerprint density at radius 2 is 1.69 bits per heavy atom. The van der Waals surface area contributed by atoms with Crippen LogP contribution in [0, 0.1) is 0 Å². The van der Waals surface area contributed by atoms with Crippen molar-refractivity contribution >= 4 is 36.4 Å². The number of anilines is 1. The molecule has 0 unspecified atom stereocenters. The first-order valence-electron chi connectivity index (χ1n) is 8.72.